The number of urea groups is 1. The third-order valence-corrected chi connectivity index (χ3v) is 4.34. The number of ether oxygens (including phenoxy) is 2. The summed E-state index contributed by atoms with van der Waals surface area (Å²) in [5.74, 6) is 1.08. The fraction of sp³-hybridized carbons (Fsp3) is 0.227. The van der Waals surface area contributed by atoms with Gasteiger partial charge in [-0.3, -0.25) is 0 Å². The molecule has 3 aromatic carbocycles. The van der Waals surface area contributed by atoms with Crippen LogP contribution in [0.3, 0.4) is 0 Å². The van der Waals surface area contributed by atoms with Crippen molar-refractivity contribution in [3.63, 3.8) is 0 Å². The number of rotatable bonds is 7. The van der Waals surface area contributed by atoms with E-state index < -0.39 is 0 Å². The van der Waals surface area contributed by atoms with Gasteiger partial charge >= 0.3 is 6.03 Å². The van der Waals surface area contributed by atoms with Gasteiger partial charge in [0.05, 0.1) is 13.7 Å². The summed E-state index contributed by atoms with van der Waals surface area (Å²) in [6.45, 7) is 1.16. The van der Waals surface area contributed by atoms with Crippen LogP contribution in [0.1, 0.15) is 5.56 Å². The summed E-state index contributed by atoms with van der Waals surface area (Å²) in [4.78, 5) is 13.9. The molecule has 0 saturated carbocycles. The van der Waals surface area contributed by atoms with Gasteiger partial charge in [0.2, 0.25) is 0 Å². The lowest BCUT2D eigenvalue weighted by Crippen LogP contribution is -2.38. The van der Waals surface area contributed by atoms with E-state index in [1.807, 2.05) is 30.3 Å². The zero-order chi connectivity index (χ0) is 19.9. The van der Waals surface area contributed by atoms with Crippen LogP contribution in [0.15, 0.2) is 60.7 Å². The summed E-state index contributed by atoms with van der Waals surface area (Å²) >= 11 is 0. The first-order valence-corrected chi connectivity index (χ1v) is 8.99. The van der Waals surface area contributed by atoms with Crippen LogP contribution >= 0.6 is 0 Å². The van der Waals surface area contributed by atoms with Crippen molar-refractivity contribution in [2.24, 2.45) is 0 Å². The number of carbonyl (C=O) groups excluding carboxylic acids is 1. The van der Waals surface area contributed by atoms with E-state index in [0.29, 0.717) is 25.4 Å². The molecule has 6 heteroatoms. The Morgan fingerprint density at radius 1 is 1.00 bits per heavy atom. The third kappa shape index (κ3) is 5.13. The second-order valence-corrected chi connectivity index (χ2v) is 6.44. The number of amides is 2. The normalized spacial score (nSPS) is 10.5. The number of nitrogens with one attached hydrogen (secondary N) is 1. The van der Waals surface area contributed by atoms with E-state index in [0.717, 1.165) is 22.1 Å². The quantitative estimate of drug-likeness (QED) is 0.623. The van der Waals surface area contributed by atoms with Crippen molar-refractivity contribution in [3.05, 3.63) is 72.0 Å². The Labute approximate surface area is 163 Å². The fourth-order valence-corrected chi connectivity index (χ4v) is 2.84. The van der Waals surface area contributed by atoms with Gasteiger partial charge in [0, 0.05) is 13.6 Å². The molecule has 2 amide bonds. The predicted octanol–water partition coefficient (Wildman–Crippen LogP) is 4.21. The SMILES string of the molecule is COc1ccc2cc(CN(C)C(=O)NCCOc3ccc(F)cc3)ccc2c1. The number of methoxy groups -OCH3 is 1. The molecule has 0 aliphatic rings. The highest BCUT2D eigenvalue weighted by atomic mass is 19.1. The van der Waals surface area contributed by atoms with Crippen molar-refractivity contribution in [1.82, 2.24) is 10.2 Å². The zero-order valence-electron chi connectivity index (χ0n) is 15.9. The highest BCUT2D eigenvalue weighted by Gasteiger charge is 2.09. The topological polar surface area (TPSA) is 50.8 Å². The number of hydrogen-bond acceptors (Lipinski definition) is 3. The van der Waals surface area contributed by atoms with Crippen LogP contribution in [0.5, 0.6) is 11.5 Å². The summed E-state index contributed by atoms with van der Waals surface area (Å²) in [6.07, 6.45) is 0. The van der Waals surface area contributed by atoms with E-state index in [4.69, 9.17) is 9.47 Å². The molecule has 1 N–H and O–H groups in total. The monoisotopic (exact) mass is 382 g/mol. The van der Waals surface area contributed by atoms with Gasteiger partial charge in [-0.1, -0.05) is 18.2 Å². The Morgan fingerprint density at radius 2 is 1.68 bits per heavy atom. The maximum Gasteiger partial charge on any atom is 0.317 e. The molecule has 0 radical (unpaired) electrons. The van der Waals surface area contributed by atoms with Crippen LogP contribution in [0.2, 0.25) is 0 Å². The second kappa shape index (κ2) is 9.08. The molecule has 0 unspecified atom stereocenters. The molecular weight excluding hydrogens is 359 g/mol. The Hall–Kier alpha value is -3.28. The molecule has 0 atom stereocenters. The Balaban J connectivity index is 1.48. The first-order chi connectivity index (χ1) is 13.5. The van der Waals surface area contributed by atoms with Gasteiger partial charge in [0.1, 0.15) is 23.9 Å². The first-order valence-electron chi connectivity index (χ1n) is 8.99. The number of fused-ring (bicyclic) bond motifs is 1. The standard InChI is InChI=1S/C22H23FN2O3/c1-25(22(26)24-11-12-28-20-9-6-19(23)7-10-20)15-16-3-4-18-14-21(27-2)8-5-17(18)13-16/h3-10,13-14H,11-12,15H2,1-2H3,(H,24,26). The van der Waals surface area contributed by atoms with Crippen molar-refractivity contribution in [1.29, 1.82) is 0 Å². The molecule has 5 nitrogen and oxygen atoms in total. The maximum absolute atomic E-state index is 12.8. The van der Waals surface area contributed by atoms with Crippen molar-refractivity contribution in [2.75, 3.05) is 27.3 Å². The van der Waals surface area contributed by atoms with E-state index in [1.165, 1.54) is 12.1 Å². The summed E-state index contributed by atoms with van der Waals surface area (Å²) in [5.41, 5.74) is 1.04. The van der Waals surface area contributed by atoms with E-state index in [-0.39, 0.29) is 11.8 Å². The molecule has 0 heterocycles. The van der Waals surface area contributed by atoms with E-state index >= 15 is 0 Å². The van der Waals surface area contributed by atoms with Crippen LogP contribution in [0.4, 0.5) is 9.18 Å². The maximum atomic E-state index is 12.8. The molecule has 3 rings (SSSR count). The average Bonchev–Trinajstić information content (AvgIpc) is 2.71. The zero-order valence-corrected chi connectivity index (χ0v) is 15.9. The number of halogens is 1. The second-order valence-electron chi connectivity index (χ2n) is 6.44. The Bertz CT molecular complexity index is 944. The molecule has 0 bridgehead atoms. The molecule has 0 spiro atoms. The van der Waals surface area contributed by atoms with Crippen molar-refractivity contribution < 1.29 is 18.7 Å². The highest BCUT2D eigenvalue weighted by Crippen LogP contribution is 2.22. The lowest BCUT2D eigenvalue weighted by molar-refractivity contribution is 0.203. The number of nitrogens with zero attached hydrogens (tertiary/aromatic N) is 1. The minimum Gasteiger partial charge on any atom is -0.497 e. The van der Waals surface area contributed by atoms with Crippen LogP contribution in [-0.4, -0.2) is 38.2 Å². The van der Waals surface area contributed by atoms with Crippen LogP contribution in [0.25, 0.3) is 10.8 Å². The van der Waals surface area contributed by atoms with Gasteiger partial charge in [-0.2, -0.15) is 0 Å². The minimum absolute atomic E-state index is 0.183. The number of carbonyl (C=O) groups is 1. The Kier molecular flexibility index (Phi) is 6.32. The van der Waals surface area contributed by atoms with Gasteiger partial charge in [0.15, 0.2) is 0 Å². The summed E-state index contributed by atoms with van der Waals surface area (Å²) in [5, 5.41) is 5.00. The van der Waals surface area contributed by atoms with E-state index in [1.54, 1.807) is 31.2 Å². The third-order valence-electron chi connectivity index (χ3n) is 4.34. The molecule has 28 heavy (non-hydrogen) atoms. The summed E-state index contributed by atoms with van der Waals surface area (Å²) < 4.78 is 23.6. The lowest BCUT2D eigenvalue weighted by Gasteiger charge is -2.18. The Morgan fingerprint density at radius 3 is 2.43 bits per heavy atom. The molecule has 0 aliphatic carbocycles. The number of hydrogen-bond donors (Lipinski definition) is 1. The molecular formula is C22H23FN2O3. The van der Waals surface area contributed by atoms with Crippen molar-refractivity contribution >= 4 is 16.8 Å². The lowest BCUT2D eigenvalue weighted by atomic mass is 10.1. The molecule has 0 saturated heterocycles. The molecule has 0 aromatic heterocycles. The highest BCUT2D eigenvalue weighted by molar-refractivity contribution is 5.84. The largest absolute Gasteiger partial charge is 0.497 e. The van der Waals surface area contributed by atoms with Gasteiger partial charge in [-0.15, -0.1) is 0 Å². The first kappa shape index (κ1) is 19.5. The van der Waals surface area contributed by atoms with Crippen LogP contribution in [0, 0.1) is 5.82 Å². The average molecular weight is 382 g/mol. The number of benzene rings is 3. The van der Waals surface area contributed by atoms with E-state index in [2.05, 4.69) is 11.4 Å². The molecule has 0 aliphatic heterocycles. The summed E-state index contributed by atoms with van der Waals surface area (Å²) in [6, 6.07) is 17.6. The summed E-state index contributed by atoms with van der Waals surface area (Å²) in [7, 11) is 3.39. The molecule has 0 fully saturated rings. The fourth-order valence-electron chi connectivity index (χ4n) is 2.84. The minimum atomic E-state index is -0.310. The van der Waals surface area contributed by atoms with E-state index in [9.17, 15) is 9.18 Å². The molecule has 146 valence electrons. The van der Waals surface area contributed by atoms with Gasteiger partial charge < -0.3 is 19.7 Å². The van der Waals surface area contributed by atoms with Crippen molar-refractivity contribution in [3.8, 4) is 11.5 Å². The molecule has 3 aromatic rings. The van der Waals surface area contributed by atoms with Gasteiger partial charge in [-0.05, 0) is 58.8 Å². The van der Waals surface area contributed by atoms with Crippen molar-refractivity contribution in [2.45, 2.75) is 6.54 Å². The van der Waals surface area contributed by atoms with Crippen LogP contribution in [-0.2, 0) is 6.54 Å². The smallest absolute Gasteiger partial charge is 0.317 e. The van der Waals surface area contributed by atoms with Gasteiger partial charge in [-0.25, -0.2) is 9.18 Å². The van der Waals surface area contributed by atoms with Crippen LogP contribution < -0.4 is 14.8 Å². The predicted molar refractivity (Wildman–Crippen MR) is 107 cm³/mol. The van der Waals surface area contributed by atoms with Gasteiger partial charge in [0.25, 0.3) is 0 Å².